The third-order valence-corrected chi connectivity index (χ3v) is 4.33. The lowest BCUT2D eigenvalue weighted by Gasteiger charge is -2.47. The molecule has 0 aromatic rings. The predicted octanol–water partition coefficient (Wildman–Crippen LogP) is 1.45. The van der Waals surface area contributed by atoms with Gasteiger partial charge in [-0.2, -0.15) is 0 Å². The van der Waals surface area contributed by atoms with Crippen molar-refractivity contribution in [3.05, 3.63) is 11.6 Å². The maximum Gasteiger partial charge on any atom is 0.0195 e. The molecule has 1 rings (SSSR count). The van der Waals surface area contributed by atoms with Crippen molar-refractivity contribution in [1.29, 1.82) is 0 Å². The molecule has 1 atom stereocenters. The lowest BCUT2D eigenvalue weighted by Crippen LogP contribution is -2.44. The highest BCUT2D eigenvalue weighted by atomic mass is 35.5. The lowest BCUT2D eigenvalue weighted by molar-refractivity contribution is -0.330. The van der Waals surface area contributed by atoms with Gasteiger partial charge in [0.25, 0.3) is 0 Å². The van der Waals surface area contributed by atoms with Gasteiger partial charge in [-0.3, -0.25) is 4.67 Å². The third kappa shape index (κ3) is 3.31. The molecule has 0 aromatic heterocycles. The zero-order valence-electron chi connectivity index (χ0n) is 9.61. The Morgan fingerprint density at radius 3 is 2.62 bits per heavy atom. The molecule has 0 aromatic carbocycles. The number of rotatable bonds is 4. The molecular formula is C10H17ClNO3P-2. The van der Waals surface area contributed by atoms with Crippen LogP contribution in [0, 0.1) is 5.41 Å². The number of hydrogen-bond acceptors (Lipinski definition) is 3. The first kappa shape index (κ1) is 14.2. The Hall–Kier alpha value is 0.140. The lowest BCUT2D eigenvalue weighted by atomic mass is 9.80. The summed E-state index contributed by atoms with van der Waals surface area (Å²) in [6.45, 7) is 7.78. The first-order valence-electron chi connectivity index (χ1n) is 5.27. The van der Waals surface area contributed by atoms with Gasteiger partial charge in [-0.05, 0) is 24.7 Å². The highest BCUT2D eigenvalue weighted by molar-refractivity contribution is 7.46. The fraction of sp³-hybridized carbons (Fsp3) is 0.800. The maximum atomic E-state index is 11.1. The second-order valence-corrected chi connectivity index (χ2v) is 6.96. The minimum Gasteiger partial charge on any atom is -0.799 e. The van der Waals surface area contributed by atoms with E-state index in [0.29, 0.717) is 24.4 Å². The van der Waals surface area contributed by atoms with Crippen LogP contribution in [0.15, 0.2) is 11.6 Å². The molecule has 0 amide bonds. The predicted molar refractivity (Wildman–Crippen MR) is 60.7 cm³/mol. The van der Waals surface area contributed by atoms with Crippen molar-refractivity contribution < 1.29 is 14.4 Å². The van der Waals surface area contributed by atoms with E-state index in [-0.39, 0.29) is 11.5 Å². The summed E-state index contributed by atoms with van der Waals surface area (Å²) in [5.74, 6) is 0. The topological polar surface area (TPSA) is 66.4 Å². The van der Waals surface area contributed by atoms with Gasteiger partial charge in [-0.15, -0.1) is 0 Å². The fourth-order valence-corrected chi connectivity index (χ4v) is 3.95. The van der Waals surface area contributed by atoms with E-state index in [1.54, 1.807) is 0 Å². The molecule has 0 saturated carbocycles. The van der Waals surface area contributed by atoms with Crippen LogP contribution in [0.4, 0.5) is 0 Å². The molecule has 16 heavy (non-hydrogen) atoms. The average molecular weight is 266 g/mol. The molecule has 1 aliphatic rings. The number of nitrogens with zero attached hydrogens (tertiary/aromatic N) is 1. The molecule has 4 nitrogen and oxygen atoms in total. The van der Waals surface area contributed by atoms with Crippen LogP contribution in [-0.2, 0) is 4.57 Å². The van der Waals surface area contributed by atoms with Crippen LogP contribution in [0.3, 0.4) is 0 Å². The molecule has 0 spiro atoms. The van der Waals surface area contributed by atoms with Gasteiger partial charge in [0, 0.05) is 25.4 Å². The zero-order valence-corrected chi connectivity index (χ0v) is 11.3. The van der Waals surface area contributed by atoms with Crippen molar-refractivity contribution in [2.24, 2.45) is 5.41 Å². The summed E-state index contributed by atoms with van der Waals surface area (Å²) < 4.78 is 12.2. The Balaban J connectivity index is 2.86. The maximum absolute atomic E-state index is 11.1. The van der Waals surface area contributed by atoms with E-state index in [1.165, 1.54) is 0 Å². The molecule has 1 unspecified atom stereocenters. The van der Waals surface area contributed by atoms with Crippen molar-refractivity contribution in [3.63, 3.8) is 0 Å². The fourth-order valence-electron chi connectivity index (χ4n) is 2.45. The van der Waals surface area contributed by atoms with Crippen LogP contribution in [0.5, 0.6) is 0 Å². The van der Waals surface area contributed by atoms with E-state index >= 15 is 0 Å². The van der Waals surface area contributed by atoms with Crippen LogP contribution in [-0.4, -0.2) is 17.3 Å². The van der Waals surface area contributed by atoms with Gasteiger partial charge in [-0.25, -0.2) is 0 Å². The summed E-state index contributed by atoms with van der Waals surface area (Å²) in [4.78, 5) is 22.2. The standard InChI is InChI=1S/C10H19ClNO3P/c1-8(11)7-10(2,3)9-5-4-6-12(9)16(13,14)15/h9H,1,4-7H2,2-3H3,(H2,13,14,15)/p-2. The van der Waals surface area contributed by atoms with E-state index in [4.69, 9.17) is 11.6 Å². The largest absolute Gasteiger partial charge is 0.799 e. The smallest absolute Gasteiger partial charge is 0.0195 e. The Bertz CT molecular complexity index is 326. The molecule has 0 N–H and O–H groups in total. The van der Waals surface area contributed by atoms with Crippen molar-refractivity contribution in [2.45, 2.75) is 39.2 Å². The molecule has 94 valence electrons. The Kier molecular flexibility index (Phi) is 4.25. The van der Waals surface area contributed by atoms with E-state index < -0.39 is 7.75 Å². The number of halogens is 1. The second-order valence-electron chi connectivity index (χ2n) is 4.97. The first-order chi connectivity index (χ1) is 7.14. The Morgan fingerprint density at radius 2 is 2.19 bits per heavy atom. The molecule has 1 fully saturated rings. The van der Waals surface area contributed by atoms with Crippen molar-refractivity contribution in [2.75, 3.05) is 6.54 Å². The number of hydrogen-bond donors (Lipinski definition) is 0. The first-order valence-corrected chi connectivity index (χ1v) is 7.14. The SMILES string of the molecule is C=C(Cl)CC(C)(C)C1CCCN1P(=O)([O-])[O-]. The van der Waals surface area contributed by atoms with Gasteiger partial charge in [0.2, 0.25) is 0 Å². The van der Waals surface area contributed by atoms with E-state index in [1.807, 2.05) is 13.8 Å². The molecule has 6 heteroatoms. The Labute approximate surface area is 101 Å². The zero-order chi connectivity index (χ0) is 12.6. The quantitative estimate of drug-likeness (QED) is 0.722. The summed E-state index contributed by atoms with van der Waals surface area (Å²) in [6.07, 6.45) is 1.96. The van der Waals surface area contributed by atoms with Crippen molar-refractivity contribution in [3.8, 4) is 0 Å². The van der Waals surface area contributed by atoms with Crippen LogP contribution < -0.4 is 9.79 Å². The van der Waals surface area contributed by atoms with E-state index in [9.17, 15) is 14.4 Å². The third-order valence-electron chi connectivity index (χ3n) is 3.09. The van der Waals surface area contributed by atoms with E-state index in [0.717, 1.165) is 11.1 Å². The van der Waals surface area contributed by atoms with Crippen LogP contribution >= 0.6 is 19.3 Å². The van der Waals surface area contributed by atoms with Crippen LogP contribution in [0.2, 0.25) is 0 Å². The summed E-state index contributed by atoms with van der Waals surface area (Å²) in [5, 5.41) is 0.489. The monoisotopic (exact) mass is 265 g/mol. The molecule has 1 aliphatic heterocycles. The Morgan fingerprint density at radius 1 is 1.62 bits per heavy atom. The molecular weight excluding hydrogens is 249 g/mol. The van der Waals surface area contributed by atoms with Gasteiger partial charge in [0.15, 0.2) is 0 Å². The molecule has 1 heterocycles. The van der Waals surface area contributed by atoms with Crippen molar-refractivity contribution >= 4 is 19.3 Å². The van der Waals surface area contributed by atoms with Crippen LogP contribution in [0.25, 0.3) is 0 Å². The summed E-state index contributed by atoms with van der Waals surface area (Å²) in [5.41, 5.74) is -0.347. The summed E-state index contributed by atoms with van der Waals surface area (Å²) in [7, 11) is -4.65. The minimum absolute atomic E-state index is 0.260. The molecule has 0 radical (unpaired) electrons. The molecule has 1 saturated heterocycles. The average Bonchev–Trinajstić information content (AvgIpc) is 2.46. The van der Waals surface area contributed by atoms with Gasteiger partial charge < -0.3 is 14.4 Å². The van der Waals surface area contributed by atoms with Gasteiger partial charge >= 0.3 is 0 Å². The second kappa shape index (κ2) is 4.79. The minimum atomic E-state index is -4.65. The highest BCUT2D eigenvalue weighted by Gasteiger charge is 2.38. The van der Waals surface area contributed by atoms with Gasteiger partial charge in [-0.1, -0.05) is 32.0 Å². The van der Waals surface area contributed by atoms with Crippen LogP contribution in [0.1, 0.15) is 33.1 Å². The highest BCUT2D eigenvalue weighted by Crippen LogP contribution is 2.46. The summed E-state index contributed by atoms with van der Waals surface area (Å²) in [6, 6.07) is -0.260. The van der Waals surface area contributed by atoms with Gasteiger partial charge in [0.05, 0.1) is 0 Å². The van der Waals surface area contributed by atoms with E-state index in [2.05, 4.69) is 6.58 Å². The molecule has 0 bridgehead atoms. The number of allylic oxidation sites excluding steroid dienone is 1. The van der Waals surface area contributed by atoms with Crippen molar-refractivity contribution in [1.82, 2.24) is 4.67 Å². The normalized spacial score (nSPS) is 23.7. The summed E-state index contributed by atoms with van der Waals surface area (Å²) >= 11 is 5.76. The molecule has 0 aliphatic carbocycles. The van der Waals surface area contributed by atoms with Gasteiger partial charge in [0.1, 0.15) is 0 Å².